The van der Waals surface area contributed by atoms with E-state index in [4.69, 9.17) is 4.74 Å². The number of carbonyl (C=O) groups is 1. The minimum atomic E-state index is -0.463. The molecule has 0 aliphatic rings. The zero-order valence-electron chi connectivity index (χ0n) is 7.73. The van der Waals surface area contributed by atoms with E-state index in [-0.39, 0.29) is 12.4 Å². The van der Waals surface area contributed by atoms with Crippen molar-refractivity contribution in [2.75, 3.05) is 20.3 Å². The van der Waals surface area contributed by atoms with Gasteiger partial charge in [-0.3, -0.25) is 4.79 Å². The van der Waals surface area contributed by atoms with Gasteiger partial charge in [-0.2, -0.15) is 0 Å². The number of likely N-dealkylation sites (N-methyl/N-ethyl adjacent to an activating group) is 1. The largest absolute Gasteiger partial charge is 0.374 e. The number of nitrogens with one attached hydrogen (secondary N) is 1. The van der Waals surface area contributed by atoms with Crippen LogP contribution in [0.4, 0.5) is 0 Å². The van der Waals surface area contributed by atoms with Gasteiger partial charge in [-0.25, -0.2) is 0 Å². The third-order valence-corrected chi connectivity index (χ3v) is 1.76. The summed E-state index contributed by atoms with van der Waals surface area (Å²) in [5.74, 6) is 0.0850. The summed E-state index contributed by atoms with van der Waals surface area (Å²) in [6, 6.07) is 0. The van der Waals surface area contributed by atoms with Crippen LogP contribution in [-0.2, 0) is 9.53 Å². The average molecular weight is 159 g/mol. The lowest BCUT2D eigenvalue weighted by Crippen LogP contribution is -2.46. The Morgan fingerprint density at radius 1 is 1.55 bits per heavy atom. The number of hydrogen-bond donors (Lipinski definition) is 1. The zero-order chi connectivity index (χ0) is 8.91. The van der Waals surface area contributed by atoms with Crippen molar-refractivity contribution in [3.8, 4) is 0 Å². The number of Topliss-reactive ketones (excluding diaryl/α,β-unsaturated/α-hetero) is 1. The first kappa shape index (κ1) is 10.6. The van der Waals surface area contributed by atoms with Crippen molar-refractivity contribution in [3.63, 3.8) is 0 Å². The molecule has 0 heterocycles. The Labute approximate surface area is 68.1 Å². The summed E-state index contributed by atoms with van der Waals surface area (Å²) in [6.45, 7) is 6.35. The quantitative estimate of drug-likeness (QED) is 0.638. The van der Waals surface area contributed by atoms with Crippen LogP contribution in [0.3, 0.4) is 0 Å². The van der Waals surface area contributed by atoms with Gasteiger partial charge in [0.15, 0.2) is 5.78 Å². The van der Waals surface area contributed by atoms with Gasteiger partial charge in [-0.05, 0) is 27.8 Å². The van der Waals surface area contributed by atoms with E-state index in [1.165, 1.54) is 0 Å². The second-order valence-corrected chi connectivity index (χ2v) is 2.94. The molecule has 0 unspecified atom stereocenters. The standard InChI is InChI=1S/C8H17NO2/c1-5-11-6-7(10)8(2,3)9-4/h9H,5-6H2,1-4H3. The Hall–Kier alpha value is -0.410. The highest BCUT2D eigenvalue weighted by Gasteiger charge is 2.24. The van der Waals surface area contributed by atoms with Crippen molar-refractivity contribution >= 4 is 5.78 Å². The van der Waals surface area contributed by atoms with Crippen LogP contribution in [0.25, 0.3) is 0 Å². The summed E-state index contributed by atoms with van der Waals surface area (Å²) < 4.78 is 4.99. The molecule has 0 aromatic rings. The third-order valence-electron chi connectivity index (χ3n) is 1.76. The highest BCUT2D eigenvalue weighted by molar-refractivity contribution is 5.88. The summed E-state index contributed by atoms with van der Waals surface area (Å²) in [6.07, 6.45) is 0. The monoisotopic (exact) mass is 159 g/mol. The van der Waals surface area contributed by atoms with Gasteiger partial charge in [-0.15, -0.1) is 0 Å². The van der Waals surface area contributed by atoms with Crippen molar-refractivity contribution in [3.05, 3.63) is 0 Å². The molecular formula is C8H17NO2. The summed E-state index contributed by atoms with van der Waals surface area (Å²) in [5, 5.41) is 2.92. The minimum absolute atomic E-state index is 0.0850. The first-order valence-electron chi connectivity index (χ1n) is 3.84. The fourth-order valence-electron chi connectivity index (χ4n) is 0.515. The van der Waals surface area contributed by atoms with Crippen LogP contribution < -0.4 is 5.32 Å². The van der Waals surface area contributed by atoms with Gasteiger partial charge in [0.2, 0.25) is 0 Å². The summed E-state index contributed by atoms with van der Waals surface area (Å²) in [7, 11) is 1.77. The SMILES string of the molecule is CCOCC(=O)C(C)(C)NC. The topological polar surface area (TPSA) is 38.3 Å². The van der Waals surface area contributed by atoms with E-state index in [1.807, 2.05) is 20.8 Å². The van der Waals surface area contributed by atoms with E-state index < -0.39 is 5.54 Å². The van der Waals surface area contributed by atoms with E-state index >= 15 is 0 Å². The fraction of sp³-hybridized carbons (Fsp3) is 0.875. The first-order chi connectivity index (χ1) is 5.04. The smallest absolute Gasteiger partial charge is 0.177 e. The maximum absolute atomic E-state index is 11.3. The van der Waals surface area contributed by atoms with Crippen LogP contribution in [0.15, 0.2) is 0 Å². The Kier molecular flexibility index (Phi) is 4.30. The van der Waals surface area contributed by atoms with E-state index in [0.29, 0.717) is 6.61 Å². The molecule has 1 N–H and O–H groups in total. The number of hydrogen-bond acceptors (Lipinski definition) is 3. The van der Waals surface area contributed by atoms with E-state index in [9.17, 15) is 4.79 Å². The van der Waals surface area contributed by atoms with Crippen molar-refractivity contribution in [2.24, 2.45) is 0 Å². The molecule has 0 amide bonds. The molecule has 0 bridgehead atoms. The van der Waals surface area contributed by atoms with E-state index in [0.717, 1.165) is 0 Å². The number of ketones is 1. The van der Waals surface area contributed by atoms with Crippen LogP contribution in [0.1, 0.15) is 20.8 Å². The third kappa shape index (κ3) is 3.49. The highest BCUT2D eigenvalue weighted by atomic mass is 16.5. The number of carbonyl (C=O) groups excluding carboxylic acids is 1. The van der Waals surface area contributed by atoms with Gasteiger partial charge in [0, 0.05) is 6.61 Å². The first-order valence-corrected chi connectivity index (χ1v) is 3.84. The number of ether oxygens (including phenoxy) is 1. The second-order valence-electron chi connectivity index (χ2n) is 2.94. The van der Waals surface area contributed by atoms with Crippen LogP contribution in [0.5, 0.6) is 0 Å². The highest BCUT2D eigenvalue weighted by Crippen LogP contribution is 2.02. The lowest BCUT2D eigenvalue weighted by atomic mass is 10.0. The molecule has 11 heavy (non-hydrogen) atoms. The molecule has 3 heteroatoms. The molecule has 0 radical (unpaired) electrons. The Morgan fingerprint density at radius 3 is 2.45 bits per heavy atom. The van der Waals surface area contributed by atoms with Gasteiger partial charge in [-0.1, -0.05) is 0 Å². The molecule has 0 rings (SSSR count). The van der Waals surface area contributed by atoms with Crippen molar-refractivity contribution in [1.29, 1.82) is 0 Å². The summed E-state index contributed by atoms with van der Waals surface area (Å²) >= 11 is 0. The molecule has 0 saturated heterocycles. The van der Waals surface area contributed by atoms with Gasteiger partial charge < -0.3 is 10.1 Å². The molecule has 0 atom stereocenters. The molecular weight excluding hydrogens is 142 g/mol. The molecule has 0 aliphatic heterocycles. The van der Waals surface area contributed by atoms with Gasteiger partial charge in [0.1, 0.15) is 6.61 Å². The molecule has 0 aliphatic carbocycles. The van der Waals surface area contributed by atoms with Gasteiger partial charge >= 0.3 is 0 Å². The molecule has 66 valence electrons. The molecule has 0 aromatic heterocycles. The van der Waals surface area contributed by atoms with Gasteiger partial charge in [0.05, 0.1) is 5.54 Å². The van der Waals surface area contributed by atoms with Crippen molar-refractivity contribution in [1.82, 2.24) is 5.32 Å². The van der Waals surface area contributed by atoms with E-state index in [2.05, 4.69) is 5.32 Å². The normalized spacial score (nSPS) is 11.6. The summed E-state index contributed by atoms with van der Waals surface area (Å²) in [4.78, 5) is 11.3. The van der Waals surface area contributed by atoms with Gasteiger partial charge in [0.25, 0.3) is 0 Å². The Balaban J connectivity index is 3.82. The maximum Gasteiger partial charge on any atom is 0.177 e. The zero-order valence-corrected chi connectivity index (χ0v) is 7.73. The number of rotatable bonds is 5. The lowest BCUT2D eigenvalue weighted by molar-refractivity contribution is -0.128. The fourth-order valence-corrected chi connectivity index (χ4v) is 0.515. The molecule has 0 fully saturated rings. The average Bonchev–Trinajstić information content (AvgIpc) is 2.00. The molecule has 0 spiro atoms. The Bertz CT molecular complexity index is 132. The van der Waals surface area contributed by atoms with Crippen LogP contribution in [0, 0.1) is 0 Å². The molecule has 3 nitrogen and oxygen atoms in total. The van der Waals surface area contributed by atoms with Crippen LogP contribution >= 0.6 is 0 Å². The predicted octanol–water partition coefficient (Wildman–Crippen LogP) is 0.590. The molecule has 0 aromatic carbocycles. The Morgan fingerprint density at radius 2 is 2.09 bits per heavy atom. The van der Waals surface area contributed by atoms with Crippen molar-refractivity contribution in [2.45, 2.75) is 26.3 Å². The second kappa shape index (κ2) is 4.46. The maximum atomic E-state index is 11.3. The van der Waals surface area contributed by atoms with Crippen LogP contribution in [-0.4, -0.2) is 31.6 Å². The minimum Gasteiger partial charge on any atom is -0.374 e. The lowest BCUT2D eigenvalue weighted by Gasteiger charge is -2.21. The summed E-state index contributed by atoms with van der Waals surface area (Å²) in [5.41, 5.74) is -0.463. The predicted molar refractivity (Wildman–Crippen MR) is 44.6 cm³/mol. The van der Waals surface area contributed by atoms with E-state index in [1.54, 1.807) is 7.05 Å². The van der Waals surface area contributed by atoms with Crippen LogP contribution in [0.2, 0.25) is 0 Å². The van der Waals surface area contributed by atoms with Crippen molar-refractivity contribution < 1.29 is 9.53 Å². The molecule has 0 saturated carbocycles.